The number of halogens is 1. The lowest BCUT2D eigenvalue weighted by Crippen LogP contribution is -2.44. The molecule has 1 fully saturated rings. The summed E-state index contributed by atoms with van der Waals surface area (Å²) in [6, 6.07) is 7.09. The summed E-state index contributed by atoms with van der Waals surface area (Å²) in [5.41, 5.74) is 1.18. The highest BCUT2D eigenvalue weighted by Crippen LogP contribution is 2.36. The normalized spacial score (nSPS) is 22.9. The van der Waals surface area contributed by atoms with Crippen LogP contribution in [0.25, 0.3) is 0 Å². The van der Waals surface area contributed by atoms with Gasteiger partial charge in [0, 0.05) is 13.1 Å². The van der Waals surface area contributed by atoms with Crippen molar-refractivity contribution in [3.05, 3.63) is 35.6 Å². The number of likely N-dealkylation sites (N-methyl/N-ethyl adjacent to an activating group) is 1. The van der Waals surface area contributed by atoms with Gasteiger partial charge in [-0.25, -0.2) is 4.39 Å². The zero-order chi connectivity index (χ0) is 12.3. The molecule has 0 spiro atoms. The van der Waals surface area contributed by atoms with Gasteiger partial charge in [0.05, 0.1) is 6.54 Å². The van der Waals surface area contributed by atoms with Crippen LogP contribution in [0.15, 0.2) is 24.3 Å². The van der Waals surface area contributed by atoms with Crippen LogP contribution in [-0.4, -0.2) is 25.5 Å². The lowest BCUT2D eigenvalue weighted by molar-refractivity contribution is -0.120. The molecule has 1 amide bonds. The fourth-order valence-electron chi connectivity index (χ4n) is 2.12. The Morgan fingerprint density at radius 3 is 2.59 bits per heavy atom. The molecule has 0 saturated heterocycles. The number of amides is 1. The van der Waals surface area contributed by atoms with E-state index in [4.69, 9.17) is 0 Å². The van der Waals surface area contributed by atoms with Gasteiger partial charge in [-0.1, -0.05) is 12.1 Å². The quantitative estimate of drug-likeness (QED) is 0.830. The van der Waals surface area contributed by atoms with E-state index in [2.05, 4.69) is 10.6 Å². The van der Waals surface area contributed by atoms with E-state index in [1.165, 1.54) is 17.7 Å². The Labute approximate surface area is 100 Å². The lowest BCUT2D eigenvalue weighted by atomic mass is 9.76. The van der Waals surface area contributed by atoms with Gasteiger partial charge in [-0.2, -0.15) is 0 Å². The van der Waals surface area contributed by atoms with Crippen molar-refractivity contribution in [3.8, 4) is 0 Å². The maximum Gasteiger partial charge on any atom is 0.233 e. The van der Waals surface area contributed by atoms with E-state index < -0.39 is 0 Å². The minimum absolute atomic E-state index is 0.00947. The molecule has 0 radical (unpaired) electrons. The molecule has 2 N–H and O–H groups in total. The minimum Gasteiger partial charge on any atom is -0.358 e. The molecule has 1 aromatic carbocycles. The number of benzene rings is 1. The van der Waals surface area contributed by atoms with E-state index in [0.29, 0.717) is 18.5 Å². The second-order valence-electron chi connectivity index (χ2n) is 4.47. The van der Waals surface area contributed by atoms with Crippen LogP contribution in [0.1, 0.15) is 24.3 Å². The number of hydrogen-bond acceptors (Lipinski definition) is 2. The summed E-state index contributed by atoms with van der Waals surface area (Å²) in [4.78, 5) is 11.0. The van der Waals surface area contributed by atoms with Crippen LogP contribution in [0.2, 0.25) is 0 Å². The average molecular weight is 236 g/mol. The fraction of sp³-hybridized carbons (Fsp3) is 0.462. The Balaban J connectivity index is 1.75. The van der Waals surface area contributed by atoms with Crippen molar-refractivity contribution in [2.45, 2.75) is 24.8 Å². The average Bonchev–Trinajstić information content (AvgIpc) is 2.29. The number of nitrogens with one attached hydrogen (secondary N) is 2. The van der Waals surface area contributed by atoms with E-state index in [0.717, 1.165) is 12.8 Å². The monoisotopic (exact) mass is 236 g/mol. The van der Waals surface area contributed by atoms with Crippen LogP contribution in [-0.2, 0) is 4.79 Å². The van der Waals surface area contributed by atoms with E-state index in [-0.39, 0.29) is 11.7 Å². The minimum atomic E-state index is -0.192. The molecular weight excluding hydrogens is 219 g/mol. The van der Waals surface area contributed by atoms with Crippen molar-refractivity contribution in [1.82, 2.24) is 10.6 Å². The zero-order valence-electron chi connectivity index (χ0n) is 9.87. The van der Waals surface area contributed by atoms with Crippen molar-refractivity contribution in [2.24, 2.45) is 0 Å². The van der Waals surface area contributed by atoms with Crippen LogP contribution in [0.5, 0.6) is 0 Å². The fourth-order valence-corrected chi connectivity index (χ4v) is 2.12. The molecule has 0 heterocycles. The third-order valence-electron chi connectivity index (χ3n) is 3.31. The molecule has 92 valence electrons. The van der Waals surface area contributed by atoms with Gasteiger partial charge in [-0.05, 0) is 36.5 Å². The topological polar surface area (TPSA) is 41.1 Å². The highest BCUT2D eigenvalue weighted by atomic mass is 19.1. The van der Waals surface area contributed by atoms with Crippen LogP contribution < -0.4 is 10.6 Å². The Hall–Kier alpha value is -1.42. The molecule has 1 aliphatic rings. The second-order valence-corrected chi connectivity index (χ2v) is 4.47. The first-order valence-corrected chi connectivity index (χ1v) is 5.88. The summed E-state index contributed by atoms with van der Waals surface area (Å²) in [6.45, 7) is 0.372. The van der Waals surface area contributed by atoms with Crippen molar-refractivity contribution in [3.63, 3.8) is 0 Å². The summed E-state index contributed by atoms with van der Waals surface area (Å²) >= 11 is 0. The third-order valence-corrected chi connectivity index (χ3v) is 3.31. The molecule has 0 atom stereocenters. The van der Waals surface area contributed by atoms with Gasteiger partial charge in [0.15, 0.2) is 0 Å². The summed E-state index contributed by atoms with van der Waals surface area (Å²) in [5.74, 6) is 0.315. The van der Waals surface area contributed by atoms with Gasteiger partial charge < -0.3 is 10.6 Å². The molecule has 1 aliphatic carbocycles. The molecule has 1 aromatic rings. The van der Waals surface area contributed by atoms with E-state index in [1.54, 1.807) is 7.05 Å². The molecule has 0 aliphatic heterocycles. The number of rotatable bonds is 4. The van der Waals surface area contributed by atoms with Crippen LogP contribution in [0.4, 0.5) is 4.39 Å². The summed E-state index contributed by atoms with van der Waals surface area (Å²) < 4.78 is 12.7. The van der Waals surface area contributed by atoms with E-state index in [1.807, 2.05) is 12.1 Å². The third kappa shape index (κ3) is 3.03. The SMILES string of the molecule is CNC(=O)CNC1CC(c2ccc(F)cc2)C1. The summed E-state index contributed by atoms with van der Waals surface area (Å²) in [7, 11) is 1.63. The summed E-state index contributed by atoms with van der Waals surface area (Å²) in [5, 5.41) is 5.77. The Bertz CT molecular complexity index is 385. The van der Waals surface area contributed by atoms with Crippen molar-refractivity contribution in [2.75, 3.05) is 13.6 Å². The number of carbonyl (C=O) groups is 1. The van der Waals surface area contributed by atoms with Crippen LogP contribution in [0, 0.1) is 5.82 Å². The van der Waals surface area contributed by atoms with Crippen molar-refractivity contribution < 1.29 is 9.18 Å². The number of carbonyl (C=O) groups excluding carboxylic acids is 1. The van der Waals surface area contributed by atoms with Crippen molar-refractivity contribution in [1.29, 1.82) is 0 Å². The van der Waals surface area contributed by atoms with Crippen LogP contribution >= 0.6 is 0 Å². The lowest BCUT2D eigenvalue weighted by Gasteiger charge is -2.36. The largest absolute Gasteiger partial charge is 0.358 e. The zero-order valence-corrected chi connectivity index (χ0v) is 9.87. The van der Waals surface area contributed by atoms with Gasteiger partial charge in [0.25, 0.3) is 0 Å². The van der Waals surface area contributed by atoms with Gasteiger partial charge in [-0.15, -0.1) is 0 Å². The smallest absolute Gasteiger partial charge is 0.233 e. The molecule has 0 aromatic heterocycles. The molecule has 17 heavy (non-hydrogen) atoms. The van der Waals surface area contributed by atoms with Gasteiger partial charge in [-0.3, -0.25) is 4.79 Å². The first-order chi connectivity index (χ1) is 8.19. The predicted molar refractivity (Wildman–Crippen MR) is 64.2 cm³/mol. The molecule has 3 nitrogen and oxygen atoms in total. The van der Waals surface area contributed by atoms with Gasteiger partial charge >= 0.3 is 0 Å². The maximum absolute atomic E-state index is 12.7. The molecular formula is C13H17FN2O. The summed E-state index contributed by atoms with van der Waals surface area (Å²) in [6.07, 6.45) is 2.03. The first-order valence-electron chi connectivity index (χ1n) is 5.88. The second kappa shape index (κ2) is 5.27. The standard InChI is InChI=1S/C13H17FN2O/c1-15-13(17)8-16-12-6-10(7-12)9-2-4-11(14)5-3-9/h2-5,10,12,16H,6-8H2,1H3,(H,15,17). The molecule has 2 rings (SSSR count). The van der Waals surface area contributed by atoms with Crippen molar-refractivity contribution >= 4 is 5.91 Å². The number of hydrogen-bond donors (Lipinski definition) is 2. The van der Waals surface area contributed by atoms with E-state index >= 15 is 0 Å². The van der Waals surface area contributed by atoms with Gasteiger partial charge in [0.2, 0.25) is 5.91 Å². The predicted octanol–water partition coefficient (Wildman–Crippen LogP) is 1.41. The van der Waals surface area contributed by atoms with Gasteiger partial charge in [0.1, 0.15) is 5.82 Å². The van der Waals surface area contributed by atoms with E-state index in [9.17, 15) is 9.18 Å². The Morgan fingerprint density at radius 1 is 1.35 bits per heavy atom. The molecule has 4 heteroatoms. The molecule has 1 saturated carbocycles. The maximum atomic E-state index is 12.7. The highest BCUT2D eigenvalue weighted by Gasteiger charge is 2.29. The Morgan fingerprint density at radius 2 is 2.00 bits per heavy atom. The Kier molecular flexibility index (Phi) is 3.74. The first kappa shape index (κ1) is 12.0. The highest BCUT2D eigenvalue weighted by molar-refractivity contribution is 5.77. The van der Waals surface area contributed by atoms with Crippen LogP contribution in [0.3, 0.4) is 0 Å². The molecule has 0 unspecified atom stereocenters. The molecule has 0 bridgehead atoms.